The number of nitrogens with one attached hydrogen (secondary N) is 1. The molecule has 9 nitrogen and oxygen atoms in total. The number of rotatable bonds is 11. The molecule has 0 aliphatic heterocycles. The molecule has 1 heterocycles. The molecule has 33 heavy (non-hydrogen) atoms. The lowest BCUT2D eigenvalue weighted by Crippen LogP contribution is -2.30. The first kappa shape index (κ1) is 24.7. The number of benzene rings is 2. The number of anilines is 1. The maximum atomic E-state index is 12.8. The fourth-order valence-corrected chi connectivity index (χ4v) is 5.08. The van der Waals surface area contributed by atoms with E-state index in [-0.39, 0.29) is 27.7 Å². The van der Waals surface area contributed by atoms with Crippen molar-refractivity contribution in [1.82, 2.24) is 14.5 Å². The second-order valence-corrected chi connectivity index (χ2v) is 9.65. The van der Waals surface area contributed by atoms with Crippen LogP contribution in [0.1, 0.15) is 20.8 Å². The van der Waals surface area contributed by atoms with Gasteiger partial charge in [0.1, 0.15) is 5.75 Å². The number of carbonyl (C=O) groups excluding carboxylic acids is 1. The van der Waals surface area contributed by atoms with E-state index in [0.717, 1.165) is 17.5 Å². The van der Waals surface area contributed by atoms with Gasteiger partial charge in [0.05, 0.1) is 17.3 Å². The van der Waals surface area contributed by atoms with E-state index in [9.17, 15) is 13.2 Å². The summed E-state index contributed by atoms with van der Waals surface area (Å²) >= 11 is 1.09. The molecule has 0 saturated heterocycles. The van der Waals surface area contributed by atoms with Crippen molar-refractivity contribution in [2.75, 3.05) is 30.8 Å². The number of hydrogen-bond donors (Lipinski definition) is 1. The summed E-state index contributed by atoms with van der Waals surface area (Å²) in [5, 5.41) is 10.9. The van der Waals surface area contributed by atoms with Gasteiger partial charge in [-0.05, 0) is 49.4 Å². The lowest BCUT2D eigenvalue weighted by molar-refractivity contribution is -0.113. The van der Waals surface area contributed by atoms with E-state index in [2.05, 4.69) is 15.5 Å². The lowest BCUT2D eigenvalue weighted by Gasteiger charge is -2.18. The summed E-state index contributed by atoms with van der Waals surface area (Å²) < 4.78 is 37.9. The quantitative estimate of drug-likeness (QED) is 0.403. The molecule has 3 rings (SSSR count). The van der Waals surface area contributed by atoms with Crippen LogP contribution in [0, 0.1) is 0 Å². The van der Waals surface area contributed by atoms with Crippen molar-refractivity contribution in [3.8, 4) is 17.2 Å². The van der Waals surface area contributed by atoms with Crippen LogP contribution >= 0.6 is 11.8 Å². The van der Waals surface area contributed by atoms with Crippen LogP contribution in [0.25, 0.3) is 11.5 Å². The van der Waals surface area contributed by atoms with Gasteiger partial charge in [0.25, 0.3) is 5.22 Å². The predicted octanol–water partition coefficient (Wildman–Crippen LogP) is 3.90. The van der Waals surface area contributed by atoms with Crippen molar-refractivity contribution in [1.29, 1.82) is 0 Å². The van der Waals surface area contributed by atoms with Crippen LogP contribution in [0.4, 0.5) is 5.69 Å². The molecule has 176 valence electrons. The molecule has 0 aliphatic carbocycles. The van der Waals surface area contributed by atoms with Crippen LogP contribution in [-0.4, -0.2) is 54.3 Å². The maximum Gasteiger partial charge on any atom is 0.277 e. The van der Waals surface area contributed by atoms with Gasteiger partial charge >= 0.3 is 0 Å². The average Bonchev–Trinajstić information content (AvgIpc) is 3.29. The number of thioether (sulfide) groups is 1. The van der Waals surface area contributed by atoms with E-state index in [1.807, 2.05) is 6.92 Å². The summed E-state index contributed by atoms with van der Waals surface area (Å²) in [7, 11) is -3.60. The Hall–Kier alpha value is -2.89. The van der Waals surface area contributed by atoms with Crippen LogP contribution in [-0.2, 0) is 14.8 Å². The zero-order valence-corrected chi connectivity index (χ0v) is 20.3. The number of hydrogen-bond acceptors (Lipinski definition) is 8. The third-order valence-electron chi connectivity index (χ3n) is 4.61. The lowest BCUT2D eigenvalue weighted by atomic mass is 10.2. The molecule has 2 aromatic carbocycles. The zero-order chi connectivity index (χ0) is 23.8. The Bertz CT molecular complexity index is 1180. The first-order chi connectivity index (χ1) is 15.9. The highest BCUT2D eigenvalue weighted by molar-refractivity contribution is 7.99. The topological polar surface area (TPSA) is 115 Å². The maximum absolute atomic E-state index is 12.8. The van der Waals surface area contributed by atoms with Crippen LogP contribution in [0.3, 0.4) is 0 Å². The zero-order valence-electron chi connectivity index (χ0n) is 18.6. The van der Waals surface area contributed by atoms with Gasteiger partial charge in [-0.1, -0.05) is 31.7 Å². The number of amides is 1. The van der Waals surface area contributed by atoms with Gasteiger partial charge in [-0.3, -0.25) is 4.79 Å². The van der Waals surface area contributed by atoms with Gasteiger partial charge < -0.3 is 14.5 Å². The summed E-state index contributed by atoms with van der Waals surface area (Å²) in [5.41, 5.74) is 1.14. The van der Waals surface area contributed by atoms with E-state index >= 15 is 0 Å². The Morgan fingerprint density at radius 2 is 1.82 bits per heavy atom. The van der Waals surface area contributed by atoms with E-state index < -0.39 is 10.0 Å². The second kappa shape index (κ2) is 11.3. The standard InChI is InChI=1S/C22H26N4O5S2/c1-4-26(5-2)33(28,29)19-9-7-8-16(14-19)21-24-25-22(31-21)32-15-20(27)23-17-10-12-18(13-11-17)30-6-3/h7-14H,4-6,15H2,1-3H3,(H,23,27). The SMILES string of the molecule is CCOc1ccc(NC(=O)CSc2nnc(-c3cccc(S(=O)(=O)N(CC)CC)c3)o2)cc1. The van der Waals surface area contributed by atoms with E-state index in [1.165, 1.54) is 16.4 Å². The molecule has 0 saturated carbocycles. The van der Waals surface area contributed by atoms with Gasteiger partial charge in [-0.25, -0.2) is 8.42 Å². The second-order valence-electron chi connectivity index (χ2n) is 6.78. The van der Waals surface area contributed by atoms with Crippen molar-refractivity contribution >= 4 is 33.4 Å². The third-order valence-corrected chi connectivity index (χ3v) is 7.47. The average molecular weight is 491 g/mol. The van der Waals surface area contributed by atoms with Gasteiger partial charge in [0.15, 0.2) is 0 Å². The molecule has 0 unspecified atom stereocenters. The predicted molar refractivity (Wildman–Crippen MR) is 127 cm³/mol. The smallest absolute Gasteiger partial charge is 0.277 e. The molecule has 0 atom stereocenters. The number of sulfonamides is 1. The largest absolute Gasteiger partial charge is 0.494 e. The molecule has 0 spiro atoms. The van der Waals surface area contributed by atoms with Crippen molar-refractivity contribution in [3.63, 3.8) is 0 Å². The Labute approximate surface area is 197 Å². The molecule has 0 fully saturated rings. The molecule has 3 aromatic rings. The fraction of sp³-hybridized carbons (Fsp3) is 0.318. The summed E-state index contributed by atoms with van der Waals surface area (Å²) in [6.45, 7) is 6.81. The number of ether oxygens (including phenoxy) is 1. The highest BCUT2D eigenvalue weighted by atomic mass is 32.2. The van der Waals surface area contributed by atoms with Crippen molar-refractivity contribution in [3.05, 3.63) is 48.5 Å². The molecule has 0 aliphatic rings. The third kappa shape index (κ3) is 6.34. The summed E-state index contributed by atoms with van der Waals surface area (Å²) in [6, 6.07) is 13.5. The van der Waals surface area contributed by atoms with Crippen molar-refractivity contribution in [2.45, 2.75) is 30.9 Å². The minimum Gasteiger partial charge on any atom is -0.494 e. The van der Waals surface area contributed by atoms with E-state index in [4.69, 9.17) is 9.15 Å². The molecular formula is C22H26N4O5S2. The van der Waals surface area contributed by atoms with Gasteiger partial charge in [-0.2, -0.15) is 4.31 Å². The summed E-state index contributed by atoms with van der Waals surface area (Å²) in [4.78, 5) is 12.4. The highest BCUT2D eigenvalue weighted by Crippen LogP contribution is 2.26. The van der Waals surface area contributed by atoms with Crippen LogP contribution in [0.2, 0.25) is 0 Å². The van der Waals surface area contributed by atoms with Gasteiger partial charge in [0.2, 0.25) is 21.8 Å². The van der Waals surface area contributed by atoms with E-state index in [1.54, 1.807) is 50.2 Å². The van der Waals surface area contributed by atoms with Gasteiger partial charge in [-0.15, -0.1) is 10.2 Å². The molecule has 1 N–H and O–H groups in total. The van der Waals surface area contributed by atoms with E-state index in [0.29, 0.717) is 30.9 Å². The monoisotopic (exact) mass is 490 g/mol. The van der Waals surface area contributed by atoms with Crippen LogP contribution in [0.15, 0.2) is 63.1 Å². The van der Waals surface area contributed by atoms with Crippen molar-refractivity contribution in [2.24, 2.45) is 0 Å². The van der Waals surface area contributed by atoms with Crippen molar-refractivity contribution < 1.29 is 22.4 Å². The molecule has 11 heteroatoms. The minimum atomic E-state index is -3.60. The molecular weight excluding hydrogens is 464 g/mol. The molecule has 1 aromatic heterocycles. The number of nitrogens with zero attached hydrogens (tertiary/aromatic N) is 3. The molecule has 0 radical (unpaired) electrons. The highest BCUT2D eigenvalue weighted by Gasteiger charge is 2.22. The number of carbonyl (C=O) groups is 1. The Morgan fingerprint density at radius 3 is 2.48 bits per heavy atom. The Kier molecular flexibility index (Phi) is 8.48. The summed E-state index contributed by atoms with van der Waals surface area (Å²) in [6.07, 6.45) is 0. The normalized spacial score (nSPS) is 11.5. The number of aromatic nitrogens is 2. The fourth-order valence-electron chi connectivity index (χ4n) is 3.01. The van der Waals surface area contributed by atoms with Gasteiger partial charge in [0, 0.05) is 24.3 Å². The minimum absolute atomic E-state index is 0.0746. The first-order valence-electron chi connectivity index (χ1n) is 10.5. The first-order valence-corrected chi connectivity index (χ1v) is 12.9. The Morgan fingerprint density at radius 1 is 1.09 bits per heavy atom. The summed E-state index contributed by atoms with van der Waals surface area (Å²) in [5.74, 6) is 0.764. The molecule has 1 amide bonds. The molecule has 0 bridgehead atoms. The van der Waals surface area contributed by atoms with Crippen LogP contribution in [0.5, 0.6) is 5.75 Å². The van der Waals surface area contributed by atoms with Crippen LogP contribution < -0.4 is 10.1 Å². The Balaban J connectivity index is 1.62.